The normalized spacial score (nSPS) is 15.1. The first-order valence-electron chi connectivity index (χ1n) is 15.5. The van der Waals surface area contributed by atoms with Crippen LogP contribution < -0.4 is 21.3 Å². The molecule has 4 amide bonds. The zero-order valence-electron chi connectivity index (χ0n) is 27.4. The van der Waals surface area contributed by atoms with E-state index < -0.39 is 66.0 Å². The van der Waals surface area contributed by atoms with Crippen LogP contribution in [0.15, 0.2) is 60.7 Å². The second-order valence-electron chi connectivity index (χ2n) is 12.2. The third-order valence-corrected chi connectivity index (χ3v) is 7.55. The minimum atomic E-state index is -1.18. The molecular weight excluding hydrogens is 592 g/mol. The first kappa shape index (κ1) is 37.7. The molecule has 6 N–H and O–H groups in total. The van der Waals surface area contributed by atoms with Crippen molar-refractivity contribution >= 4 is 29.8 Å². The fourth-order valence-electron chi connectivity index (χ4n) is 4.69. The number of amides is 4. The molecule has 0 heterocycles. The van der Waals surface area contributed by atoms with Crippen LogP contribution >= 0.6 is 0 Å². The summed E-state index contributed by atoms with van der Waals surface area (Å²) in [5, 5.41) is 31.2. The van der Waals surface area contributed by atoms with E-state index in [1.165, 1.54) is 6.92 Å². The van der Waals surface area contributed by atoms with Gasteiger partial charge in [0.15, 0.2) is 0 Å². The Morgan fingerprint density at radius 3 is 1.72 bits per heavy atom. The Bertz CT molecular complexity index is 1290. The van der Waals surface area contributed by atoms with Gasteiger partial charge in [-0.2, -0.15) is 0 Å². The number of carbonyl (C=O) groups is 5. The van der Waals surface area contributed by atoms with Gasteiger partial charge in [-0.1, -0.05) is 95.3 Å². The number of alkyl carbamates (subject to hydrolysis) is 1. The Balaban J connectivity index is 2.06. The van der Waals surface area contributed by atoms with E-state index in [0.717, 1.165) is 11.1 Å². The maximum Gasteiger partial charge on any atom is 0.408 e. The molecule has 12 heteroatoms. The van der Waals surface area contributed by atoms with Crippen LogP contribution in [0.1, 0.15) is 59.1 Å². The quantitative estimate of drug-likeness (QED) is 0.153. The molecule has 12 nitrogen and oxygen atoms in total. The molecule has 0 spiro atoms. The summed E-state index contributed by atoms with van der Waals surface area (Å²) < 4.78 is 5.20. The smallest absolute Gasteiger partial charge is 0.408 e. The lowest BCUT2D eigenvalue weighted by molar-refractivity contribution is -0.143. The average molecular weight is 641 g/mol. The van der Waals surface area contributed by atoms with Crippen molar-refractivity contribution < 1.29 is 38.9 Å². The van der Waals surface area contributed by atoms with Crippen molar-refractivity contribution in [2.24, 2.45) is 17.8 Å². The molecule has 0 bridgehead atoms. The number of carboxylic acid groups (broad SMARTS) is 1. The van der Waals surface area contributed by atoms with E-state index in [2.05, 4.69) is 21.3 Å². The summed E-state index contributed by atoms with van der Waals surface area (Å²) in [4.78, 5) is 63.1. The van der Waals surface area contributed by atoms with Crippen molar-refractivity contribution in [1.82, 2.24) is 21.3 Å². The van der Waals surface area contributed by atoms with Crippen molar-refractivity contribution in [3.05, 3.63) is 71.8 Å². The van der Waals surface area contributed by atoms with Crippen LogP contribution in [0, 0.1) is 17.8 Å². The number of ether oxygens (including phenoxy) is 1. The lowest BCUT2D eigenvalue weighted by atomic mass is 9.92. The highest BCUT2D eigenvalue weighted by Crippen LogP contribution is 2.16. The maximum atomic E-state index is 13.2. The SMILES string of the molecule is CC(C)[C@H](NC(=O)[C@@H](NC(=O)[C@H](C)C[C@H](O)[C@H](Cc1ccccc1)NC(=O)[C@H](C)NC(=O)OCc1ccccc1)C(C)C)C(=O)O. The monoisotopic (exact) mass is 640 g/mol. The summed E-state index contributed by atoms with van der Waals surface area (Å²) in [7, 11) is 0. The molecule has 252 valence electrons. The first-order valence-corrected chi connectivity index (χ1v) is 15.5. The molecule has 0 aromatic heterocycles. The zero-order valence-corrected chi connectivity index (χ0v) is 27.4. The summed E-state index contributed by atoms with van der Waals surface area (Å²) in [5.41, 5.74) is 1.63. The van der Waals surface area contributed by atoms with Gasteiger partial charge in [0.1, 0.15) is 24.7 Å². The fraction of sp³-hybridized carbons (Fsp3) is 0.500. The largest absolute Gasteiger partial charge is 0.480 e. The van der Waals surface area contributed by atoms with Crippen molar-refractivity contribution in [2.75, 3.05) is 0 Å². The number of rotatable bonds is 17. The molecule has 0 saturated heterocycles. The van der Waals surface area contributed by atoms with Crippen molar-refractivity contribution in [2.45, 2.75) is 91.3 Å². The number of benzene rings is 2. The Labute approximate surface area is 270 Å². The molecule has 0 aliphatic rings. The van der Waals surface area contributed by atoms with Gasteiger partial charge in [0, 0.05) is 5.92 Å². The van der Waals surface area contributed by atoms with Gasteiger partial charge < -0.3 is 36.2 Å². The molecule has 0 saturated carbocycles. The van der Waals surface area contributed by atoms with E-state index in [-0.39, 0.29) is 31.3 Å². The Hall–Kier alpha value is -4.45. The van der Waals surface area contributed by atoms with Crippen LogP contribution in [0.3, 0.4) is 0 Å². The third kappa shape index (κ3) is 12.5. The Morgan fingerprint density at radius 1 is 0.674 bits per heavy atom. The highest BCUT2D eigenvalue weighted by molar-refractivity contribution is 5.91. The van der Waals surface area contributed by atoms with Gasteiger partial charge in [-0.25, -0.2) is 9.59 Å². The fourth-order valence-corrected chi connectivity index (χ4v) is 4.69. The molecule has 46 heavy (non-hydrogen) atoms. The third-order valence-electron chi connectivity index (χ3n) is 7.55. The lowest BCUT2D eigenvalue weighted by Crippen LogP contribution is -2.56. The van der Waals surface area contributed by atoms with E-state index in [1.54, 1.807) is 46.8 Å². The van der Waals surface area contributed by atoms with Crippen LogP contribution in [0.4, 0.5) is 4.79 Å². The highest BCUT2D eigenvalue weighted by Gasteiger charge is 2.33. The number of hydrogen-bond acceptors (Lipinski definition) is 7. The second kappa shape index (κ2) is 18.5. The van der Waals surface area contributed by atoms with E-state index in [4.69, 9.17) is 4.74 Å². The maximum absolute atomic E-state index is 13.2. The van der Waals surface area contributed by atoms with Crippen LogP contribution in [-0.4, -0.2) is 70.3 Å². The molecular formula is C34H48N4O8. The molecule has 2 aromatic rings. The number of nitrogens with one attached hydrogen (secondary N) is 4. The molecule has 0 aliphatic heterocycles. The first-order chi connectivity index (χ1) is 21.7. The molecule has 6 atom stereocenters. The van der Waals surface area contributed by atoms with E-state index in [0.29, 0.717) is 0 Å². The number of aliphatic hydroxyl groups excluding tert-OH is 1. The number of aliphatic carboxylic acids is 1. The van der Waals surface area contributed by atoms with Gasteiger partial charge in [0.25, 0.3) is 0 Å². The zero-order chi connectivity index (χ0) is 34.4. The highest BCUT2D eigenvalue weighted by atomic mass is 16.5. The number of hydrogen-bond donors (Lipinski definition) is 6. The molecule has 0 unspecified atom stereocenters. The second-order valence-corrected chi connectivity index (χ2v) is 12.2. The van der Waals surface area contributed by atoms with Gasteiger partial charge in [-0.05, 0) is 42.7 Å². The van der Waals surface area contributed by atoms with Crippen LogP contribution in [0.5, 0.6) is 0 Å². The summed E-state index contributed by atoms with van der Waals surface area (Å²) >= 11 is 0. The summed E-state index contributed by atoms with van der Waals surface area (Å²) in [6.07, 6.45) is -1.76. The van der Waals surface area contributed by atoms with Crippen LogP contribution in [-0.2, 0) is 36.9 Å². The Kier molecular flexibility index (Phi) is 15.2. The lowest BCUT2D eigenvalue weighted by Gasteiger charge is -2.29. The van der Waals surface area contributed by atoms with Crippen LogP contribution in [0.25, 0.3) is 0 Å². The van der Waals surface area contributed by atoms with Gasteiger partial charge in [-0.3, -0.25) is 14.4 Å². The number of aliphatic hydroxyl groups is 1. The van der Waals surface area contributed by atoms with Gasteiger partial charge in [0.2, 0.25) is 17.7 Å². The van der Waals surface area contributed by atoms with Gasteiger partial charge >= 0.3 is 12.1 Å². The standard InChI is InChI=1S/C34H48N4O8/c1-20(2)28(32(42)38-29(21(3)4)33(43)44)37-30(40)22(5)17-27(39)26(18-24-13-9-7-10-14-24)36-31(41)23(6)35-34(45)46-19-25-15-11-8-12-16-25/h7-16,20-23,26-29,39H,17-19H2,1-6H3,(H,35,45)(H,36,41)(H,37,40)(H,38,42)(H,43,44)/t22-,23+,26+,27+,28+,29+/m1/s1. The molecule has 0 radical (unpaired) electrons. The van der Waals surface area contributed by atoms with Crippen molar-refractivity contribution in [1.29, 1.82) is 0 Å². The topological polar surface area (TPSA) is 183 Å². The van der Waals surface area contributed by atoms with Crippen LogP contribution in [0.2, 0.25) is 0 Å². The predicted octanol–water partition coefficient (Wildman–Crippen LogP) is 2.78. The minimum Gasteiger partial charge on any atom is -0.480 e. The predicted molar refractivity (Wildman–Crippen MR) is 172 cm³/mol. The summed E-state index contributed by atoms with van der Waals surface area (Å²) in [6, 6.07) is 14.4. The molecule has 0 fully saturated rings. The van der Waals surface area contributed by atoms with E-state index in [9.17, 15) is 34.2 Å². The Morgan fingerprint density at radius 2 is 1.20 bits per heavy atom. The summed E-state index contributed by atoms with van der Waals surface area (Å²) in [6.45, 7) is 9.92. The van der Waals surface area contributed by atoms with E-state index >= 15 is 0 Å². The average Bonchev–Trinajstić information content (AvgIpc) is 3.01. The molecule has 2 rings (SSSR count). The number of carboxylic acids is 1. The number of carbonyl (C=O) groups excluding carboxylic acids is 4. The minimum absolute atomic E-state index is 0.0352. The summed E-state index contributed by atoms with van der Waals surface area (Å²) in [5.74, 6) is -4.34. The van der Waals surface area contributed by atoms with Gasteiger partial charge in [-0.15, -0.1) is 0 Å². The molecule has 2 aromatic carbocycles. The molecule has 0 aliphatic carbocycles. The van der Waals surface area contributed by atoms with E-state index in [1.807, 2.05) is 48.5 Å². The van der Waals surface area contributed by atoms with Crippen molar-refractivity contribution in [3.63, 3.8) is 0 Å². The van der Waals surface area contributed by atoms with Gasteiger partial charge in [0.05, 0.1) is 12.1 Å². The van der Waals surface area contributed by atoms with Crippen molar-refractivity contribution in [3.8, 4) is 0 Å².